The number of hydrogen-bond acceptors (Lipinski definition) is 6. The molecule has 3 rings (SSSR count). The van der Waals surface area contributed by atoms with E-state index < -0.39 is 10.0 Å². The largest absolute Gasteiger partial charge is 0.309 e. The number of hydrogen-bond donors (Lipinski definition) is 0. The van der Waals surface area contributed by atoms with Gasteiger partial charge in [0, 0.05) is 31.2 Å². The first-order chi connectivity index (χ1) is 14.6. The first-order valence-electron chi connectivity index (χ1n) is 9.65. The van der Waals surface area contributed by atoms with Gasteiger partial charge in [-0.2, -0.15) is 0 Å². The SMILES string of the molecule is CN(C)CCCN(C(=O)c1ccc(S(=O)(=O)N(C)C)cc1)c1nc2ccc(Cl)cc2s1.Cl. The van der Waals surface area contributed by atoms with Crippen molar-refractivity contribution in [3.05, 3.63) is 53.1 Å². The van der Waals surface area contributed by atoms with E-state index in [9.17, 15) is 13.2 Å². The molecule has 0 N–H and O–H groups in total. The lowest BCUT2D eigenvalue weighted by molar-refractivity contribution is 0.0986. The van der Waals surface area contributed by atoms with Crippen LogP contribution in [-0.2, 0) is 10.0 Å². The lowest BCUT2D eigenvalue weighted by Crippen LogP contribution is -2.33. The van der Waals surface area contributed by atoms with E-state index in [-0.39, 0.29) is 23.2 Å². The highest BCUT2D eigenvalue weighted by Crippen LogP contribution is 2.31. The maximum Gasteiger partial charge on any atom is 0.260 e. The number of thiazole rings is 1. The Morgan fingerprint density at radius 1 is 1.03 bits per heavy atom. The third-order valence-electron chi connectivity index (χ3n) is 4.68. The molecule has 11 heteroatoms. The average Bonchev–Trinajstić information content (AvgIpc) is 3.13. The summed E-state index contributed by atoms with van der Waals surface area (Å²) in [6, 6.07) is 11.4. The third kappa shape index (κ3) is 5.98. The fourth-order valence-electron chi connectivity index (χ4n) is 2.97. The molecule has 0 unspecified atom stereocenters. The molecule has 7 nitrogen and oxygen atoms in total. The van der Waals surface area contributed by atoms with E-state index in [1.807, 2.05) is 26.2 Å². The molecule has 3 aromatic rings. The number of rotatable bonds is 8. The molecule has 0 spiro atoms. The van der Waals surface area contributed by atoms with Crippen molar-refractivity contribution in [2.45, 2.75) is 11.3 Å². The number of halogens is 2. The van der Waals surface area contributed by atoms with E-state index in [2.05, 4.69) is 9.88 Å². The molecule has 32 heavy (non-hydrogen) atoms. The van der Waals surface area contributed by atoms with Gasteiger partial charge in [-0.3, -0.25) is 9.69 Å². The van der Waals surface area contributed by atoms with Crippen molar-refractivity contribution in [2.24, 2.45) is 0 Å². The van der Waals surface area contributed by atoms with Crippen LogP contribution in [0.1, 0.15) is 16.8 Å². The maximum atomic E-state index is 13.4. The van der Waals surface area contributed by atoms with Gasteiger partial charge < -0.3 is 4.90 Å². The van der Waals surface area contributed by atoms with Gasteiger partial charge in [-0.1, -0.05) is 22.9 Å². The molecule has 1 aromatic heterocycles. The maximum absolute atomic E-state index is 13.4. The molecule has 1 heterocycles. The van der Waals surface area contributed by atoms with Crippen LogP contribution in [-0.4, -0.2) is 69.8 Å². The second kappa shape index (κ2) is 10.9. The van der Waals surface area contributed by atoms with Gasteiger partial charge in [-0.25, -0.2) is 17.7 Å². The number of carbonyl (C=O) groups is 1. The number of nitrogens with zero attached hydrogens (tertiary/aromatic N) is 4. The Labute approximate surface area is 204 Å². The van der Waals surface area contributed by atoms with Crippen molar-refractivity contribution in [2.75, 3.05) is 46.2 Å². The van der Waals surface area contributed by atoms with Gasteiger partial charge in [0.05, 0.1) is 15.1 Å². The van der Waals surface area contributed by atoms with Crippen LogP contribution in [0.4, 0.5) is 5.13 Å². The van der Waals surface area contributed by atoms with E-state index in [4.69, 9.17) is 11.6 Å². The van der Waals surface area contributed by atoms with Gasteiger partial charge in [0.2, 0.25) is 10.0 Å². The molecule has 0 saturated heterocycles. The van der Waals surface area contributed by atoms with Crippen LogP contribution in [0.2, 0.25) is 5.02 Å². The summed E-state index contributed by atoms with van der Waals surface area (Å²) < 4.78 is 26.7. The molecule has 0 atom stereocenters. The summed E-state index contributed by atoms with van der Waals surface area (Å²) in [6.07, 6.45) is 0.766. The minimum atomic E-state index is -3.56. The smallest absolute Gasteiger partial charge is 0.260 e. The van der Waals surface area contributed by atoms with E-state index in [0.717, 1.165) is 27.5 Å². The summed E-state index contributed by atoms with van der Waals surface area (Å²) in [6.45, 7) is 1.31. The predicted molar refractivity (Wildman–Crippen MR) is 134 cm³/mol. The molecule has 0 radical (unpaired) electrons. The average molecular weight is 518 g/mol. The van der Waals surface area contributed by atoms with Gasteiger partial charge >= 0.3 is 0 Å². The predicted octanol–water partition coefficient (Wildman–Crippen LogP) is 4.22. The zero-order valence-corrected chi connectivity index (χ0v) is 21.5. The van der Waals surface area contributed by atoms with Gasteiger partial charge in [0.1, 0.15) is 0 Å². The lowest BCUT2D eigenvalue weighted by atomic mass is 10.2. The van der Waals surface area contributed by atoms with E-state index in [0.29, 0.717) is 22.3 Å². The molecular weight excluding hydrogens is 491 g/mol. The summed E-state index contributed by atoms with van der Waals surface area (Å²) in [7, 11) is 3.35. The summed E-state index contributed by atoms with van der Waals surface area (Å²) in [5.74, 6) is -0.224. The van der Waals surface area contributed by atoms with Crippen molar-refractivity contribution in [3.8, 4) is 0 Å². The zero-order chi connectivity index (χ0) is 22.8. The minimum absolute atomic E-state index is 0. The van der Waals surface area contributed by atoms with Crippen molar-refractivity contribution in [1.29, 1.82) is 0 Å². The molecule has 0 aliphatic carbocycles. The van der Waals surface area contributed by atoms with Crippen LogP contribution in [0.25, 0.3) is 10.2 Å². The number of fused-ring (bicyclic) bond motifs is 1. The summed E-state index contributed by atoms with van der Waals surface area (Å²) in [5.41, 5.74) is 1.18. The molecule has 0 fully saturated rings. The highest BCUT2D eigenvalue weighted by atomic mass is 35.5. The number of sulfonamides is 1. The van der Waals surface area contributed by atoms with Crippen LogP contribution >= 0.6 is 35.3 Å². The number of amides is 1. The van der Waals surface area contributed by atoms with Crippen LogP contribution in [0.5, 0.6) is 0 Å². The van der Waals surface area contributed by atoms with Crippen LogP contribution < -0.4 is 4.90 Å². The molecule has 0 aliphatic heterocycles. The Kier molecular flexibility index (Phi) is 9.04. The Morgan fingerprint density at radius 3 is 2.28 bits per heavy atom. The highest BCUT2D eigenvalue weighted by molar-refractivity contribution is 7.89. The van der Waals surface area contributed by atoms with E-state index in [1.165, 1.54) is 37.6 Å². The number of carbonyl (C=O) groups excluding carboxylic acids is 1. The zero-order valence-electron chi connectivity index (χ0n) is 18.3. The lowest BCUT2D eigenvalue weighted by Gasteiger charge is -2.21. The standard InChI is InChI=1S/C21H25ClN4O3S2.ClH/c1-24(2)12-5-13-26(21-23-18-11-8-16(22)14-19(18)30-21)20(27)15-6-9-17(10-7-15)31(28,29)25(3)4;/h6-11,14H,5,12-13H2,1-4H3;1H. The van der Waals surface area contributed by atoms with Crippen LogP contribution in [0.3, 0.4) is 0 Å². The third-order valence-corrected chi connectivity index (χ3v) is 7.79. The number of aromatic nitrogens is 1. The minimum Gasteiger partial charge on any atom is -0.309 e. The monoisotopic (exact) mass is 516 g/mol. The Balaban J connectivity index is 0.00000363. The second-order valence-electron chi connectivity index (χ2n) is 7.53. The van der Waals surface area contributed by atoms with Crippen molar-refractivity contribution < 1.29 is 13.2 Å². The molecule has 174 valence electrons. The summed E-state index contributed by atoms with van der Waals surface area (Å²) >= 11 is 7.50. The normalized spacial score (nSPS) is 11.7. The van der Waals surface area contributed by atoms with Gasteiger partial charge in [0.25, 0.3) is 5.91 Å². The molecule has 0 saturated carbocycles. The fraction of sp³-hybridized carbons (Fsp3) is 0.333. The van der Waals surface area contributed by atoms with Crippen LogP contribution in [0.15, 0.2) is 47.4 Å². The first-order valence-corrected chi connectivity index (χ1v) is 12.3. The molecule has 1 amide bonds. The van der Waals surface area contributed by atoms with E-state index >= 15 is 0 Å². The van der Waals surface area contributed by atoms with Crippen molar-refractivity contribution >= 4 is 66.6 Å². The van der Waals surface area contributed by atoms with Gasteiger partial charge in [-0.15, -0.1) is 12.4 Å². The summed E-state index contributed by atoms with van der Waals surface area (Å²) in [5, 5.41) is 1.21. The van der Waals surface area contributed by atoms with Gasteiger partial charge in [-0.05, 0) is 69.5 Å². The molecular formula is C21H26Cl2N4O3S2. The number of anilines is 1. The topological polar surface area (TPSA) is 73.8 Å². The highest BCUT2D eigenvalue weighted by Gasteiger charge is 2.23. The molecule has 0 bridgehead atoms. The van der Waals surface area contributed by atoms with Crippen molar-refractivity contribution in [3.63, 3.8) is 0 Å². The Bertz CT molecular complexity index is 1180. The number of benzene rings is 2. The Morgan fingerprint density at radius 2 is 1.69 bits per heavy atom. The fourth-order valence-corrected chi connectivity index (χ4v) is 5.13. The van der Waals surface area contributed by atoms with Crippen LogP contribution in [0, 0.1) is 0 Å². The molecule has 0 aliphatic rings. The Hall–Kier alpha value is -1.75. The van der Waals surface area contributed by atoms with E-state index in [1.54, 1.807) is 23.1 Å². The van der Waals surface area contributed by atoms with Crippen molar-refractivity contribution in [1.82, 2.24) is 14.2 Å². The second-order valence-corrected chi connectivity index (χ2v) is 11.1. The molecule has 2 aromatic carbocycles. The first kappa shape index (κ1) is 26.5. The quantitative estimate of drug-likeness (QED) is 0.448. The van der Waals surface area contributed by atoms with Gasteiger partial charge in [0.15, 0.2) is 5.13 Å². The summed E-state index contributed by atoms with van der Waals surface area (Å²) in [4.78, 5) is 21.8.